The van der Waals surface area contributed by atoms with Crippen molar-refractivity contribution in [2.45, 2.75) is 26.8 Å². The number of carbonyl (C=O) groups is 2. The van der Waals surface area contributed by atoms with Gasteiger partial charge < -0.3 is 9.32 Å². The SMILES string of the molecule is Cc1nn(-c2ccccc2)c(C)c1C(=O)C(=O)N(C)C(C)c1ccco1. The van der Waals surface area contributed by atoms with Crippen LogP contribution in [0.4, 0.5) is 0 Å². The minimum Gasteiger partial charge on any atom is -0.467 e. The molecule has 0 radical (unpaired) electrons. The summed E-state index contributed by atoms with van der Waals surface area (Å²) in [7, 11) is 1.60. The Labute approximate surface area is 152 Å². The molecule has 26 heavy (non-hydrogen) atoms. The van der Waals surface area contributed by atoms with E-state index in [4.69, 9.17) is 4.42 Å². The summed E-state index contributed by atoms with van der Waals surface area (Å²) in [6, 6.07) is 12.7. The van der Waals surface area contributed by atoms with E-state index in [1.807, 2.05) is 37.3 Å². The quantitative estimate of drug-likeness (QED) is 0.521. The molecule has 1 atom stereocenters. The molecule has 6 nitrogen and oxygen atoms in total. The smallest absolute Gasteiger partial charge is 0.295 e. The van der Waals surface area contributed by atoms with E-state index in [9.17, 15) is 9.59 Å². The van der Waals surface area contributed by atoms with Crippen LogP contribution in [0.25, 0.3) is 5.69 Å². The molecule has 3 aromatic rings. The number of aromatic nitrogens is 2. The van der Waals surface area contributed by atoms with Crippen LogP contribution >= 0.6 is 0 Å². The number of aryl methyl sites for hydroxylation is 1. The predicted octanol–water partition coefficient (Wildman–Crippen LogP) is 3.48. The Morgan fingerprint density at radius 2 is 1.81 bits per heavy atom. The second kappa shape index (κ2) is 7.00. The van der Waals surface area contributed by atoms with Crippen LogP contribution in [0.15, 0.2) is 53.1 Å². The molecular formula is C20H21N3O3. The second-order valence-corrected chi connectivity index (χ2v) is 6.23. The number of carbonyl (C=O) groups excluding carboxylic acids is 2. The highest BCUT2D eigenvalue weighted by Gasteiger charge is 2.30. The molecule has 1 unspecified atom stereocenters. The van der Waals surface area contributed by atoms with Gasteiger partial charge in [0.2, 0.25) is 0 Å². The lowest BCUT2D eigenvalue weighted by Gasteiger charge is -2.22. The summed E-state index contributed by atoms with van der Waals surface area (Å²) in [6.45, 7) is 5.35. The van der Waals surface area contributed by atoms with E-state index >= 15 is 0 Å². The highest BCUT2D eigenvalue weighted by molar-refractivity contribution is 6.43. The van der Waals surface area contributed by atoms with Gasteiger partial charge in [-0.1, -0.05) is 18.2 Å². The van der Waals surface area contributed by atoms with Crippen LogP contribution in [-0.4, -0.2) is 33.4 Å². The van der Waals surface area contributed by atoms with Gasteiger partial charge in [-0.25, -0.2) is 4.68 Å². The number of benzene rings is 1. The van der Waals surface area contributed by atoms with Crippen LogP contribution in [0.2, 0.25) is 0 Å². The molecule has 0 aliphatic heterocycles. The zero-order chi connectivity index (χ0) is 18.8. The van der Waals surface area contributed by atoms with Gasteiger partial charge in [0.1, 0.15) is 5.76 Å². The minimum absolute atomic E-state index is 0.341. The van der Waals surface area contributed by atoms with Gasteiger partial charge in [-0.3, -0.25) is 9.59 Å². The van der Waals surface area contributed by atoms with Crippen LogP contribution in [-0.2, 0) is 4.79 Å². The summed E-state index contributed by atoms with van der Waals surface area (Å²) in [4.78, 5) is 27.0. The van der Waals surface area contributed by atoms with E-state index in [-0.39, 0.29) is 6.04 Å². The van der Waals surface area contributed by atoms with Crippen LogP contribution in [0.3, 0.4) is 0 Å². The van der Waals surface area contributed by atoms with Crippen molar-refractivity contribution in [2.75, 3.05) is 7.05 Å². The van der Waals surface area contributed by atoms with Gasteiger partial charge in [0.05, 0.1) is 34.9 Å². The molecule has 0 N–H and O–H groups in total. The lowest BCUT2D eigenvalue weighted by molar-refractivity contribution is -0.127. The molecule has 1 aromatic carbocycles. The summed E-state index contributed by atoms with van der Waals surface area (Å²) in [5.41, 5.74) is 2.36. The summed E-state index contributed by atoms with van der Waals surface area (Å²) >= 11 is 0. The number of Topliss-reactive ketones (excluding diaryl/α,β-unsaturated/α-hetero) is 1. The first-order valence-corrected chi connectivity index (χ1v) is 8.38. The molecule has 1 amide bonds. The average Bonchev–Trinajstić information content (AvgIpc) is 3.28. The van der Waals surface area contributed by atoms with E-state index < -0.39 is 11.7 Å². The average molecular weight is 351 g/mol. The number of likely N-dealkylation sites (N-methyl/N-ethyl adjacent to an activating group) is 1. The molecule has 0 bridgehead atoms. The summed E-state index contributed by atoms with van der Waals surface area (Å²) in [6.07, 6.45) is 1.55. The highest BCUT2D eigenvalue weighted by atomic mass is 16.3. The molecule has 0 aliphatic rings. The number of ketones is 1. The Balaban J connectivity index is 1.90. The maximum atomic E-state index is 12.9. The molecule has 134 valence electrons. The number of furan rings is 1. The van der Waals surface area contributed by atoms with Crippen molar-refractivity contribution >= 4 is 11.7 Å². The first-order valence-electron chi connectivity index (χ1n) is 8.38. The van der Waals surface area contributed by atoms with Crippen molar-refractivity contribution in [2.24, 2.45) is 0 Å². The summed E-state index contributed by atoms with van der Waals surface area (Å²) in [5.74, 6) is -0.530. The van der Waals surface area contributed by atoms with Gasteiger partial charge in [-0.15, -0.1) is 0 Å². The number of para-hydroxylation sites is 1. The lowest BCUT2D eigenvalue weighted by atomic mass is 10.1. The Bertz CT molecular complexity index is 927. The van der Waals surface area contributed by atoms with E-state index in [1.54, 1.807) is 44.0 Å². The fourth-order valence-electron chi connectivity index (χ4n) is 2.95. The van der Waals surface area contributed by atoms with Crippen LogP contribution in [0.5, 0.6) is 0 Å². The largest absolute Gasteiger partial charge is 0.467 e. The summed E-state index contributed by atoms with van der Waals surface area (Å²) < 4.78 is 7.03. The van der Waals surface area contributed by atoms with Crippen LogP contribution in [0.1, 0.15) is 40.5 Å². The van der Waals surface area contributed by atoms with E-state index in [0.29, 0.717) is 22.7 Å². The molecular weight excluding hydrogens is 330 g/mol. The Kier molecular flexibility index (Phi) is 4.75. The second-order valence-electron chi connectivity index (χ2n) is 6.23. The number of amides is 1. The molecule has 2 heterocycles. The van der Waals surface area contributed by atoms with Crippen molar-refractivity contribution in [1.29, 1.82) is 0 Å². The Morgan fingerprint density at radius 3 is 2.42 bits per heavy atom. The van der Waals surface area contributed by atoms with Gasteiger partial charge in [0, 0.05) is 7.05 Å². The minimum atomic E-state index is -0.590. The highest BCUT2D eigenvalue weighted by Crippen LogP contribution is 2.23. The van der Waals surface area contributed by atoms with E-state index in [1.165, 1.54) is 4.90 Å². The predicted molar refractivity (Wildman–Crippen MR) is 97.3 cm³/mol. The van der Waals surface area contributed by atoms with Gasteiger partial charge in [0.15, 0.2) is 0 Å². The van der Waals surface area contributed by atoms with Crippen molar-refractivity contribution in [3.8, 4) is 5.69 Å². The Morgan fingerprint density at radius 1 is 1.12 bits per heavy atom. The fraction of sp³-hybridized carbons (Fsp3) is 0.250. The van der Waals surface area contributed by atoms with Gasteiger partial charge in [-0.05, 0) is 45.0 Å². The molecule has 2 aromatic heterocycles. The lowest BCUT2D eigenvalue weighted by Crippen LogP contribution is -2.35. The Hall–Kier alpha value is -3.15. The van der Waals surface area contributed by atoms with Crippen LogP contribution in [0, 0.1) is 13.8 Å². The van der Waals surface area contributed by atoms with Crippen molar-refractivity contribution in [3.05, 3.63) is 71.4 Å². The molecule has 0 saturated heterocycles. The topological polar surface area (TPSA) is 68.3 Å². The monoisotopic (exact) mass is 351 g/mol. The van der Waals surface area contributed by atoms with Gasteiger partial charge >= 0.3 is 0 Å². The maximum absolute atomic E-state index is 12.9. The third-order valence-corrected chi connectivity index (χ3v) is 4.57. The molecule has 6 heteroatoms. The van der Waals surface area contributed by atoms with E-state index in [2.05, 4.69) is 5.10 Å². The number of rotatable bonds is 5. The molecule has 0 fully saturated rings. The van der Waals surface area contributed by atoms with Gasteiger partial charge in [0.25, 0.3) is 11.7 Å². The fourth-order valence-corrected chi connectivity index (χ4v) is 2.95. The van der Waals surface area contributed by atoms with Crippen molar-refractivity contribution in [1.82, 2.24) is 14.7 Å². The summed E-state index contributed by atoms with van der Waals surface area (Å²) in [5, 5.41) is 4.44. The molecule has 0 aliphatic carbocycles. The first-order chi connectivity index (χ1) is 12.4. The molecule has 0 spiro atoms. The zero-order valence-electron chi connectivity index (χ0n) is 15.3. The maximum Gasteiger partial charge on any atom is 0.295 e. The van der Waals surface area contributed by atoms with Crippen molar-refractivity contribution < 1.29 is 14.0 Å². The first kappa shape index (κ1) is 17.7. The number of hydrogen-bond acceptors (Lipinski definition) is 4. The number of nitrogens with zero attached hydrogens (tertiary/aromatic N) is 3. The third kappa shape index (κ3) is 3.06. The zero-order valence-corrected chi connectivity index (χ0v) is 15.3. The number of hydrogen-bond donors (Lipinski definition) is 0. The molecule has 0 saturated carbocycles. The van der Waals surface area contributed by atoms with Crippen molar-refractivity contribution in [3.63, 3.8) is 0 Å². The van der Waals surface area contributed by atoms with Crippen LogP contribution < -0.4 is 0 Å². The normalized spacial score (nSPS) is 12.0. The van der Waals surface area contributed by atoms with E-state index in [0.717, 1.165) is 5.69 Å². The third-order valence-electron chi connectivity index (χ3n) is 4.57. The standard InChI is InChI=1S/C20H21N3O3/c1-13-18(15(3)23(21-13)16-9-6-5-7-10-16)19(24)20(25)22(4)14(2)17-11-8-12-26-17/h5-12,14H,1-4H3. The molecule has 3 rings (SSSR count). The van der Waals surface area contributed by atoms with Gasteiger partial charge in [-0.2, -0.15) is 5.10 Å².